The Morgan fingerprint density at radius 3 is 1.86 bits per heavy atom. The van der Waals surface area contributed by atoms with Crippen molar-refractivity contribution in [2.75, 3.05) is 40.3 Å². The van der Waals surface area contributed by atoms with Crippen LogP contribution in [0.3, 0.4) is 0 Å². The maximum absolute atomic E-state index is 4.29. The minimum absolute atomic E-state index is 0. The molecule has 0 aromatic heterocycles. The summed E-state index contributed by atoms with van der Waals surface area (Å²) >= 11 is 0. The fourth-order valence-corrected chi connectivity index (χ4v) is 1.25. The van der Waals surface area contributed by atoms with E-state index >= 15 is 0 Å². The van der Waals surface area contributed by atoms with Crippen LogP contribution in [0.25, 0.3) is 16.0 Å². The van der Waals surface area contributed by atoms with Crippen LogP contribution >= 0.6 is 0 Å². The first-order chi connectivity index (χ1) is 9.26. The molecule has 1 aliphatic rings. The van der Waals surface area contributed by atoms with Crippen LogP contribution in [0.2, 0.25) is 0 Å². The van der Waals surface area contributed by atoms with E-state index in [0.29, 0.717) is 0 Å². The summed E-state index contributed by atoms with van der Waals surface area (Å²) in [7, 11) is 3.61. The van der Waals surface area contributed by atoms with E-state index in [1.54, 1.807) is 19.7 Å². The first-order valence-electron chi connectivity index (χ1n) is 7.35. The molecule has 21 heavy (non-hydrogen) atoms. The third-order valence-electron chi connectivity index (χ3n) is 2.52. The van der Waals surface area contributed by atoms with Gasteiger partial charge in [-0.25, -0.2) is 0 Å². The molecule has 0 spiro atoms. The Morgan fingerprint density at radius 1 is 1.00 bits per heavy atom. The van der Waals surface area contributed by atoms with Crippen molar-refractivity contribution in [1.29, 1.82) is 0 Å². The Bertz CT molecular complexity index is 208. The molecule has 122 valence electrons. The van der Waals surface area contributed by atoms with Crippen LogP contribution in [0.15, 0.2) is 23.8 Å². The van der Waals surface area contributed by atoms with Gasteiger partial charge in [0.05, 0.1) is 0 Å². The summed E-state index contributed by atoms with van der Waals surface area (Å²) in [4.78, 5) is 0. The van der Waals surface area contributed by atoms with Crippen molar-refractivity contribution in [2.45, 2.75) is 40.0 Å². The van der Waals surface area contributed by atoms with E-state index < -0.39 is 0 Å². The summed E-state index contributed by atoms with van der Waals surface area (Å²) in [5, 5.41) is 11.8. The number of hydrogen-bond acceptors (Lipinski definition) is 0. The van der Waals surface area contributed by atoms with Crippen LogP contribution in [0.1, 0.15) is 40.0 Å². The second-order valence-electron chi connectivity index (χ2n) is 4.09. The van der Waals surface area contributed by atoms with Gasteiger partial charge in [-0.3, -0.25) is 0 Å². The summed E-state index contributed by atoms with van der Waals surface area (Å²) in [6.45, 7) is 10.0. The Labute approximate surface area is 153 Å². The summed E-state index contributed by atoms with van der Waals surface area (Å²) in [6.07, 6.45) is 10.2. The van der Waals surface area contributed by atoms with Gasteiger partial charge in [-0.2, -0.15) is 33.7 Å². The first-order valence-corrected chi connectivity index (χ1v) is 7.35. The third kappa shape index (κ3) is 29.0. The van der Waals surface area contributed by atoms with Crippen molar-refractivity contribution >= 4 is 0 Å². The van der Waals surface area contributed by atoms with Gasteiger partial charge in [0.2, 0.25) is 0 Å². The molecule has 0 saturated carbocycles. The Hall–Kier alpha value is 0.243. The second kappa shape index (κ2) is 28.4. The zero-order valence-electron chi connectivity index (χ0n) is 15.0. The van der Waals surface area contributed by atoms with E-state index in [4.69, 9.17) is 0 Å². The van der Waals surface area contributed by atoms with Gasteiger partial charge in [0, 0.05) is 0 Å². The zero-order chi connectivity index (χ0) is 14.8. The van der Waals surface area contributed by atoms with Gasteiger partial charge >= 0.3 is 26.2 Å². The molecule has 0 bridgehead atoms. The van der Waals surface area contributed by atoms with Crippen molar-refractivity contribution in [1.82, 2.24) is 0 Å². The summed E-state index contributed by atoms with van der Waals surface area (Å²) in [5.41, 5.74) is 1.57. The van der Waals surface area contributed by atoms with Gasteiger partial charge in [-0.05, 0) is 12.8 Å². The van der Waals surface area contributed by atoms with Gasteiger partial charge in [0.1, 0.15) is 0 Å². The maximum Gasteiger partial charge on any atom is 4.00 e. The Balaban J connectivity index is -0.000000123. The molecule has 0 aliphatic heterocycles. The summed E-state index contributed by atoms with van der Waals surface area (Å²) < 4.78 is 0. The fraction of sp³-hybridized carbons (Fsp3) is 0.706. The molecule has 0 saturated heterocycles. The van der Waals surface area contributed by atoms with Crippen LogP contribution in [0.4, 0.5) is 0 Å². The molecule has 1 rings (SSSR count). The third-order valence-corrected chi connectivity index (χ3v) is 2.52. The molecule has 0 radical (unpaired) electrons. The van der Waals surface area contributed by atoms with Crippen LogP contribution in [0, 0.1) is 7.43 Å². The first kappa shape index (κ1) is 29.3. The number of nitrogens with zero attached hydrogens (tertiary/aromatic N) is 3. The molecule has 0 aromatic carbocycles. The molecule has 0 amide bonds. The second-order valence-corrected chi connectivity index (χ2v) is 4.09. The molecule has 3 nitrogen and oxygen atoms in total. The van der Waals surface area contributed by atoms with E-state index in [1.807, 2.05) is 13.8 Å². The predicted molar refractivity (Wildman–Crippen MR) is 95.9 cm³/mol. The van der Waals surface area contributed by atoms with Gasteiger partial charge in [0.25, 0.3) is 0 Å². The van der Waals surface area contributed by atoms with E-state index in [2.05, 4.69) is 41.1 Å². The van der Waals surface area contributed by atoms with E-state index in [1.165, 1.54) is 19.3 Å². The van der Waals surface area contributed by atoms with Crippen molar-refractivity contribution < 1.29 is 26.2 Å². The molecule has 0 atom stereocenters. The number of allylic oxidation sites excluding steroid dienone is 4. The Morgan fingerprint density at radius 2 is 1.52 bits per heavy atom. The molecule has 0 heterocycles. The van der Waals surface area contributed by atoms with Gasteiger partial charge in [-0.15, -0.1) is 6.54 Å². The Kier molecular flexibility index (Phi) is 39.6. The predicted octanol–water partition coefficient (Wildman–Crippen LogP) is 5.51. The standard InChI is InChI=1S/C10H16N.2C3H8N.CH3.Zr/c1-2-11-9-5-8-10-6-3-4-7-10;2*1-3-4-2;;/h3-4,6H,2,5,7-9H2,1H3;2*3H2,1-2H3;1H3;/q4*-1;+4. The zero-order valence-corrected chi connectivity index (χ0v) is 17.5. The maximum atomic E-state index is 4.29. The number of hydrogen-bond donors (Lipinski definition) is 0. The van der Waals surface area contributed by atoms with E-state index in [0.717, 1.165) is 26.2 Å². The molecule has 0 N–H and O–H groups in total. The average Bonchev–Trinajstić information content (AvgIpc) is 2.97. The van der Waals surface area contributed by atoms with Gasteiger partial charge < -0.3 is 23.4 Å². The minimum Gasteiger partial charge on any atom is -0.665 e. The van der Waals surface area contributed by atoms with E-state index in [9.17, 15) is 0 Å². The van der Waals surface area contributed by atoms with Crippen LogP contribution in [-0.2, 0) is 26.2 Å². The van der Waals surface area contributed by atoms with Gasteiger partial charge in [0.15, 0.2) is 0 Å². The fourth-order valence-electron chi connectivity index (χ4n) is 1.25. The molecule has 0 aromatic rings. The van der Waals surface area contributed by atoms with Crippen molar-refractivity contribution in [3.63, 3.8) is 0 Å². The summed E-state index contributed by atoms with van der Waals surface area (Å²) in [5.74, 6) is 0. The number of rotatable bonds is 7. The molecule has 0 unspecified atom stereocenters. The summed E-state index contributed by atoms with van der Waals surface area (Å²) in [6, 6.07) is 0. The molecule has 1 aliphatic carbocycles. The minimum atomic E-state index is 0. The van der Waals surface area contributed by atoms with Crippen molar-refractivity contribution in [3.8, 4) is 0 Å². The van der Waals surface area contributed by atoms with E-state index in [-0.39, 0.29) is 33.6 Å². The monoisotopic (exact) mass is 371 g/mol. The van der Waals surface area contributed by atoms with Crippen LogP contribution in [0.5, 0.6) is 0 Å². The molecular formula is C17H35N3Zr. The normalized spacial score (nSPS) is 11.0. The molecule has 0 fully saturated rings. The smallest absolute Gasteiger partial charge is 0.665 e. The molecular weight excluding hydrogens is 337 g/mol. The van der Waals surface area contributed by atoms with Crippen LogP contribution in [-0.4, -0.2) is 40.3 Å². The topological polar surface area (TPSA) is 42.3 Å². The molecule has 4 heteroatoms. The quantitative estimate of drug-likeness (QED) is 0.417. The van der Waals surface area contributed by atoms with Crippen LogP contribution < -0.4 is 0 Å². The van der Waals surface area contributed by atoms with Gasteiger partial charge in [-0.1, -0.05) is 51.0 Å². The SMILES string of the molecule is CC[N-]C.CC[N-]C.CC[N-]CCCC1=CC=CC1.[CH3-].[Zr+4]. The largest absolute Gasteiger partial charge is 4.00 e. The van der Waals surface area contributed by atoms with Crippen molar-refractivity contribution in [3.05, 3.63) is 47.2 Å². The average molecular weight is 373 g/mol. The van der Waals surface area contributed by atoms with Crippen molar-refractivity contribution in [2.24, 2.45) is 0 Å².